The number of rotatable bonds is 4. The average molecular weight is 445 g/mol. The summed E-state index contributed by atoms with van der Waals surface area (Å²) >= 11 is 0. The van der Waals surface area contributed by atoms with Crippen molar-refractivity contribution in [3.05, 3.63) is 24.3 Å². The molecule has 0 aromatic heterocycles. The molecule has 0 aromatic carbocycles. The predicted octanol–water partition coefficient (Wildman–Crippen LogP) is 5.59. The molecule has 1 saturated heterocycles. The van der Waals surface area contributed by atoms with Gasteiger partial charge in [-0.3, -0.25) is 0 Å². The molecule has 4 heteroatoms. The van der Waals surface area contributed by atoms with E-state index in [4.69, 9.17) is 9.78 Å². The number of hydrogen-bond donors (Lipinski definition) is 2. The van der Waals surface area contributed by atoms with E-state index in [9.17, 15) is 10.2 Å². The first kappa shape index (κ1) is 23.1. The quantitative estimate of drug-likeness (QED) is 0.438. The van der Waals surface area contributed by atoms with Crippen LogP contribution in [-0.4, -0.2) is 33.1 Å². The van der Waals surface area contributed by atoms with Gasteiger partial charge < -0.3 is 10.2 Å². The Bertz CT molecular complexity index is 820. The second-order valence-electron chi connectivity index (χ2n) is 12.9. The second kappa shape index (κ2) is 7.16. The largest absolute Gasteiger partial charge is 0.393 e. The molecule has 0 unspecified atom stereocenters. The number of fused-ring (bicyclic) bond motifs is 2. The monoisotopic (exact) mass is 444 g/mol. The van der Waals surface area contributed by atoms with Crippen LogP contribution in [0.15, 0.2) is 24.3 Å². The fourth-order valence-corrected chi connectivity index (χ4v) is 8.62. The van der Waals surface area contributed by atoms with E-state index in [1.54, 1.807) is 0 Å². The summed E-state index contributed by atoms with van der Waals surface area (Å²) in [4.78, 5) is 12.6. The van der Waals surface area contributed by atoms with Crippen molar-refractivity contribution in [2.75, 3.05) is 0 Å². The maximum absolute atomic E-state index is 12.2. The summed E-state index contributed by atoms with van der Waals surface area (Å²) in [5, 5.41) is 22.6. The molecule has 2 aliphatic heterocycles. The molecular formula is C28H44O4. The van der Waals surface area contributed by atoms with Crippen LogP contribution in [0.1, 0.15) is 86.5 Å². The molecule has 3 saturated carbocycles. The smallest absolute Gasteiger partial charge is 0.130 e. The van der Waals surface area contributed by atoms with Crippen LogP contribution in [0.25, 0.3) is 0 Å². The van der Waals surface area contributed by atoms with Gasteiger partial charge in [0.1, 0.15) is 11.2 Å². The highest BCUT2D eigenvalue weighted by Crippen LogP contribution is 2.73. The second-order valence-corrected chi connectivity index (χ2v) is 12.9. The molecule has 4 nitrogen and oxygen atoms in total. The zero-order chi connectivity index (χ0) is 23.2. The van der Waals surface area contributed by atoms with E-state index >= 15 is 0 Å². The van der Waals surface area contributed by atoms with Crippen molar-refractivity contribution in [3.8, 4) is 0 Å². The maximum Gasteiger partial charge on any atom is 0.130 e. The molecule has 10 atom stereocenters. The lowest BCUT2D eigenvalue weighted by Crippen LogP contribution is -2.74. The standard InChI is InChI=1S/C28H44O4/c1-18(2)19(3)7-8-20(4)28(30)14-11-23-25(28,6)13-10-22-24(5)12-9-21(29)17-26(24)15-16-27(22,23)32-31-26/h7-8,15-16,18-23,29-30H,9-14,17H2,1-6H3/t19-,20-,21+,22-,23-,24-,25+,26-,27-,28+/m1/s1. The minimum Gasteiger partial charge on any atom is -0.393 e. The van der Waals surface area contributed by atoms with Gasteiger partial charge in [0.2, 0.25) is 0 Å². The van der Waals surface area contributed by atoms with E-state index < -0.39 is 16.8 Å². The summed E-state index contributed by atoms with van der Waals surface area (Å²) in [5.74, 6) is 1.81. The minimum absolute atomic E-state index is 0.0283. The Hall–Kier alpha value is -0.680. The van der Waals surface area contributed by atoms with Crippen LogP contribution in [-0.2, 0) is 9.78 Å². The molecule has 6 rings (SSSR count). The van der Waals surface area contributed by atoms with Crippen LogP contribution in [0.2, 0.25) is 0 Å². The Kier molecular flexibility index (Phi) is 5.17. The lowest BCUT2D eigenvalue weighted by molar-refractivity contribution is -0.498. The Labute approximate surface area is 194 Å². The third kappa shape index (κ3) is 2.70. The summed E-state index contributed by atoms with van der Waals surface area (Å²) in [6.45, 7) is 13.6. The van der Waals surface area contributed by atoms with Gasteiger partial charge in [-0.05, 0) is 56.4 Å². The summed E-state index contributed by atoms with van der Waals surface area (Å²) in [6, 6.07) is 0. The molecule has 0 radical (unpaired) electrons. The zero-order valence-electron chi connectivity index (χ0n) is 20.9. The summed E-state index contributed by atoms with van der Waals surface area (Å²) in [6.07, 6.45) is 15.0. The molecule has 0 aromatic rings. The lowest BCUT2D eigenvalue weighted by Gasteiger charge is -2.69. The molecule has 0 amide bonds. The predicted molar refractivity (Wildman–Crippen MR) is 126 cm³/mol. The zero-order valence-corrected chi connectivity index (χ0v) is 20.9. The molecule has 2 bridgehead atoms. The lowest BCUT2D eigenvalue weighted by atomic mass is 9.42. The van der Waals surface area contributed by atoms with Crippen LogP contribution in [0.4, 0.5) is 0 Å². The van der Waals surface area contributed by atoms with E-state index in [1.807, 2.05) is 0 Å². The Morgan fingerprint density at radius 1 is 0.875 bits per heavy atom. The van der Waals surface area contributed by atoms with Crippen molar-refractivity contribution in [2.45, 2.75) is 109 Å². The Morgan fingerprint density at radius 3 is 2.19 bits per heavy atom. The number of hydrogen-bond acceptors (Lipinski definition) is 4. The summed E-state index contributed by atoms with van der Waals surface area (Å²) < 4.78 is 0. The highest BCUT2D eigenvalue weighted by atomic mass is 17.2. The van der Waals surface area contributed by atoms with Gasteiger partial charge in [0.05, 0.1) is 11.7 Å². The van der Waals surface area contributed by atoms with E-state index in [0.717, 1.165) is 38.5 Å². The van der Waals surface area contributed by atoms with Crippen LogP contribution < -0.4 is 0 Å². The molecule has 6 aliphatic rings. The maximum atomic E-state index is 12.2. The Morgan fingerprint density at radius 2 is 1.53 bits per heavy atom. The van der Waals surface area contributed by atoms with Crippen molar-refractivity contribution in [1.82, 2.24) is 0 Å². The Balaban J connectivity index is 1.49. The van der Waals surface area contributed by atoms with Crippen molar-refractivity contribution in [3.63, 3.8) is 0 Å². The molecule has 4 aliphatic carbocycles. The fourth-order valence-electron chi connectivity index (χ4n) is 8.62. The third-order valence-corrected chi connectivity index (χ3v) is 11.3. The van der Waals surface area contributed by atoms with Gasteiger partial charge in [-0.2, -0.15) is 0 Å². The molecule has 32 heavy (non-hydrogen) atoms. The molecule has 2 heterocycles. The van der Waals surface area contributed by atoms with Gasteiger partial charge in [-0.25, -0.2) is 9.78 Å². The van der Waals surface area contributed by atoms with E-state index in [1.165, 1.54) is 0 Å². The van der Waals surface area contributed by atoms with Gasteiger partial charge in [-0.15, -0.1) is 0 Å². The minimum atomic E-state index is -0.739. The van der Waals surface area contributed by atoms with Crippen molar-refractivity contribution < 1.29 is 20.0 Å². The molecular weight excluding hydrogens is 400 g/mol. The number of aliphatic hydroxyl groups is 2. The van der Waals surface area contributed by atoms with Crippen molar-refractivity contribution in [2.24, 2.45) is 40.4 Å². The van der Waals surface area contributed by atoms with E-state index in [2.05, 4.69) is 65.8 Å². The van der Waals surface area contributed by atoms with E-state index in [-0.39, 0.29) is 28.8 Å². The van der Waals surface area contributed by atoms with Gasteiger partial charge in [0.15, 0.2) is 0 Å². The van der Waals surface area contributed by atoms with Crippen molar-refractivity contribution in [1.29, 1.82) is 0 Å². The average Bonchev–Trinajstić information content (AvgIpc) is 3.04. The fraction of sp³-hybridized carbons (Fsp3) is 0.857. The first-order chi connectivity index (χ1) is 14.9. The van der Waals surface area contributed by atoms with Gasteiger partial charge >= 0.3 is 0 Å². The first-order valence-corrected chi connectivity index (χ1v) is 13.1. The summed E-state index contributed by atoms with van der Waals surface area (Å²) in [7, 11) is 0. The van der Waals surface area contributed by atoms with Crippen LogP contribution in [0, 0.1) is 40.4 Å². The van der Waals surface area contributed by atoms with Crippen LogP contribution in [0.5, 0.6) is 0 Å². The molecule has 180 valence electrons. The first-order valence-electron chi connectivity index (χ1n) is 13.1. The third-order valence-electron chi connectivity index (χ3n) is 11.3. The molecule has 2 spiro atoms. The van der Waals surface area contributed by atoms with Gasteiger partial charge in [0, 0.05) is 35.0 Å². The van der Waals surface area contributed by atoms with Crippen LogP contribution >= 0.6 is 0 Å². The topological polar surface area (TPSA) is 58.9 Å². The number of aliphatic hydroxyl groups excluding tert-OH is 1. The van der Waals surface area contributed by atoms with Crippen LogP contribution in [0.3, 0.4) is 0 Å². The summed E-state index contributed by atoms with van der Waals surface area (Å²) in [5.41, 5.74) is -1.96. The normalized spacial score (nSPS) is 53.8. The number of allylic oxidation sites excluding steroid dienone is 1. The molecule has 4 fully saturated rings. The van der Waals surface area contributed by atoms with Crippen molar-refractivity contribution >= 4 is 0 Å². The highest BCUT2D eigenvalue weighted by Gasteiger charge is 2.76. The molecule has 2 N–H and O–H groups in total. The SMILES string of the molecule is CC(C)[C@H](C)C=C[C@@H](C)[C@@]1(O)CC[C@H]2[C@@]34C=C[C@]5(C[C@@H](O)CC[C@]5(C)[C@H]3CC[C@@]21C)OO4. The highest BCUT2D eigenvalue weighted by molar-refractivity contribution is 5.34. The van der Waals surface area contributed by atoms with E-state index in [0.29, 0.717) is 24.2 Å². The van der Waals surface area contributed by atoms with Gasteiger partial charge in [-0.1, -0.05) is 59.8 Å². The van der Waals surface area contributed by atoms with Gasteiger partial charge in [0.25, 0.3) is 0 Å².